The molecule has 2 aromatic rings. The van der Waals surface area contributed by atoms with Gasteiger partial charge < -0.3 is 14.4 Å². The summed E-state index contributed by atoms with van der Waals surface area (Å²) in [6.45, 7) is 0.541. The Hall–Kier alpha value is -2.74. The molecule has 3 rings (SSSR count). The van der Waals surface area contributed by atoms with Gasteiger partial charge >= 0.3 is 6.61 Å². The number of amides is 1. The first-order valence-electron chi connectivity index (χ1n) is 8.60. The molecular weight excluding hydrogens is 356 g/mol. The molecule has 1 aromatic heterocycles. The number of pyridine rings is 1. The van der Waals surface area contributed by atoms with Crippen LogP contribution >= 0.6 is 0 Å². The molecule has 0 spiro atoms. The topological polar surface area (TPSA) is 54.9 Å². The van der Waals surface area contributed by atoms with Crippen LogP contribution in [-0.4, -0.2) is 60.6 Å². The van der Waals surface area contributed by atoms with Crippen LogP contribution in [0.3, 0.4) is 0 Å². The highest BCUT2D eigenvalue weighted by molar-refractivity contribution is 5.95. The predicted molar refractivity (Wildman–Crippen MR) is 95.0 cm³/mol. The third-order valence-electron chi connectivity index (χ3n) is 4.42. The van der Waals surface area contributed by atoms with E-state index in [1.54, 1.807) is 11.1 Å². The van der Waals surface area contributed by atoms with Gasteiger partial charge in [-0.15, -0.1) is 0 Å². The molecule has 1 aliphatic rings. The first-order valence-corrected chi connectivity index (χ1v) is 8.60. The van der Waals surface area contributed by atoms with E-state index in [-0.39, 0.29) is 17.4 Å². The van der Waals surface area contributed by atoms with Gasteiger partial charge in [-0.25, -0.2) is 0 Å². The second kappa shape index (κ2) is 8.77. The molecule has 0 bridgehead atoms. The minimum atomic E-state index is -2.95. The van der Waals surface area contributed by atoms with Gasteiger partial charge in [-0.3, -0.25) is 14.7 Å². The van der Waals surface area contributed by atoms with Crippen LogP contribution in [0.15, 0.2) is 42.7 Å². The quantitative estimate of drug-likeness (QED) is 0.775. The molecule has 1 aromatic carbocycles. The van der Waals surface area contributed by atoms with E-state index in [0.29, 0.717) is 18.7 Å². The third kappa shape index (κ3) is 4.91. The number of hydrogen-bond acceptors (Lipinski definition) is 5. The number of rotatable bonds is 6. The number of nitrogens with zero attached hydrogens (tertiary/aromatic N) is 3. The van der Waals surface area contributed by atoms with E-state index in [9.17, 15) is 13.6 Å². The maximum Gasteiger partial charge on any atom is 0.387 e. The summed E-state index contributed by atoms with van der Waals surface area (Å²) in [7, 11) is 1.35. The fourth-order valence-corrected chi connectivity index (χ4v) is 3.04. The van der Waals surface area contributed by atoms with Gasteiger partial charge in [-0.1, -0.05) is 6.07 Å². The number of halogens is 2. The first-order chi connectivity index (χ1) is 13.1. The van der Waals surface area contributed by atoms with Crippen LogP contribution in [0.2, 0.25) is 0 Å². The van der Waals surface area contributed by atoms with Crippen LogP contribution in [0.25, 0.3) is 0 Å². The molecule has 0 aliphatic carbocycles. The number of piperazine rings is 1. The van der Waals surface area contributed by atoms with Crippen LogP contribution in [0.4, 0.5) is 8.78 Å². The van der Waals surface area contributed by atoms with Gasteiger partial charge in [0.1, 0.15) is 0 Å². The summed E-state index contributed by atoms with van der Waals surface area (Å²) >= 11 is 0. The molecule has 6 nitrogen and oxygen atoms in total. The number of methoxy groups -OCH3 is 1. The number of carbonyl (C=O) groups is 1. The number of carbonyl (C=O) groups excluding carboxylic acids is 1. The van der Waals surface area contributed by atoms with Gasteiger partial charge in [0.2, 0.25) is 0 Å². The minimum Gasteiger partial charge on any atom is -0.493 e. The van der Waals surface area contributed by atoms with E-state index in [4.69, 9.17) is 4.74 Å². The van der Waals surface area contributed by atoms with Crippen molar-refractivity contribution < 1.29 is 23.0 Å². The predicted octanol–water partition coefficient (Wildman–Crippen LogP) is 2.65. The maximum absolute atomic E-state index is 12.7. The Labute approximate surface area is 156 Å². The number of ether oxygens (including phenoxy) is 2. The van der Waals surface area contributed by atoms with Crippen molar-refractivity contribution >= 4 is 5.91 Å². The summed E-state index contributed by atoms with van der Waals surface area (Å²) < 4.78 is 34.3. The van der Waals surface area contributed by atoms with Crippen LogP contribution in [0.5, 0.6) is 11.5 Å². The molecule has 0 atom stereocenters. The molecule has 0 radical (unpaired) electrons. The monoisotopic (exact) mass is 377 g/mol. The molecule has 1 aliphatic heterocycles. The van der Waals surface area contributed by atoms with E-state index in [0.717, 1.165) is 25.2 Å². The fourth-order valence-electron chi connectivity index (χ4n) is 3.04. The highest BCUT2D eigenvalue weighted by Gasteiger charge is 2.23. The van der Waals surface area contributed by atoms with Gasteiger partial charge in [0.05, 0.1) is 7.11 Å². The van der Waals surface area contributed by atoms with Gasteiger partial charge in [0.25, 0.3) is 5.91 Å². The first kappa shape index (κ1) is 19.0. The molecular formula is C19H21F2N3O3. The zero-order chi connectivity index (χ0) is 19.2. The van der Waals surface area contributed by atoms with Crippen molar-refractivity contribution in [3.63, 3.8) is 0 Å². The zero-order valence-corrected chi connectivity index (χ0v) is 15.0. The van der Waals surface area contributed by atoms with Crippen LogP contribution in [-0.2, 0) is 6.54 Å². The lowest BCUT2D eigenvalue weighted by molar-refractivity contribution is -0.0512. The second-order valence-corrected chi connectivity index (χ2v) is 6.17. The zero-order valence-electron chi connectivity index (χ0n) is 15.0. The average molecular weight is 377 g/mol. The Kier molecular flexibility index (Phi) is 6.18. The van der Waals surface area contributed by atoms with Gasteiger partial charge in [-0.05, 0) is 29.8 Å². The van der Waals surface area contributed by atoms with E-state index >= 15 is 0 Å². The minimum absolute atomic E-state index is 0.0923. The van der Waals surface area contributed by atoms with Crippen molar-refractivity contribution in [2.45, 2.75) is 13.2 Å². The largest absolute Gasteiger partial charge is 0.493 e. The van der Waals surface area contributed by atoms with Crippen LogP contribution in [0.1, 0.15) is 15.9 Å². The fraction of sp³-hybridized carbons (Fsp3) is 0.368. The molecule has 0 saturated carbocycles. The molecule has 2 heterocycles. The Morgan fingerprint density at radius 1 is 1.19 bits per heavy atom. The van der Waals surface area contributed by atoms with Crippen molar-refractivity contribution in [3.05, 3.63) is 53.9 Å². The molecule has 1 saturated heterocycles. The Morgan fingerprint density at radius 3 is 2.59 bits per heavy atom. The summed E-state index contributed by atoms with van der Waals surface area (Å²) in [5.41, 5.74) is 1.52. The SMILES string of the molecule is COc1cc(C(=O)N2CCN(Cc3cccnc3)CC2)ccc1OC(F)F. The van der Waals surface area contributed by atoms with Crippen LogP contribution < -0.4 is 9.47 Å². The van der Waals surface area contributed by atoms with Crippen molar-refractivity contribution in [2.75, 3.05) is 33.3 Å². The van der Waals surface area contributed by atoms with Gasteiger partial charge in [0.15, 0.2) is 11.5 Å². The molecule has 144 valence electrons. The molecule has 8 heteroatoms. The normalized spacial score (nSPS) is 15.0. The van der Waals surface area contributed by atoms with Crippen molar-refractivity contribution in [2.24, 2.45) is 0 Å². The Bertz CT molecular complexity index is 766. The molecule has 0 unspecified atom stereocenters. The highest BCUT2D eigenvalue weighted by Crippen LogP contribution is 2.30. The number of aromatic nitrogens is 1. The lowest BCUT2D eigenvalue weighted by Crippen LogP contribution is -2.48. The third-order valence-corrected chi connectivity index (χ3v) is 4.42. The summed E-state index contributed by atoms with van der Waals surface area (Å²) in [6.07, 6.45) is 3.58. The standard InChI is InChI=1S/C19H21F2N3O3/c1-26-17-11-15(4-5-16(17)27-19(20)21)18(25)24-9-7-23(8-10-24)13-14-3-2-6-22-12-14/h2-6,11-12,19H,7-10,13H2,1H3. The maximum atomic E-state index is 12.7. The van der Waals surface area contributed by atoms with E-state index in [1.807, 2.05) is 18.3 Å². The van der Waals surface area contributed by atoms with E-state index < -0.39 is 6.61 Å². The Morgan fingerprint density at radius 2 is 1.96 bits per heavy atom. The molecule has 1 amide bonds. The Balaban J connectivity index is 1.60. The molecule has 0 N–H and O–H groups in total. The van der Waals surface area contributed by atoms with E-state index in [2.05, 4.69) is 14.6 Å². The number of hydrogen-bond donors (Lipinski definition) is 0. The lowest BCUT2D eigenvalue weighted by Gasteiger charge is -2.34. The smallest absolute Gasteiger partial charge is 0.387 e. The van der Waals surface area contributed by atoms with E-state index in [1.165, 1.54) is 25.3 Å². The summed E-state index contributed by atoms with van der Waals surface area (Å²) in [5.74, 6) is -0.139. The summed E-state index contributed by atoms with van der Waals surface area (Å²) in [4.78, 5) is 20.9. The molecule has 27 heavy (non-hydrogen) atoms. The van der Waals surface area contributed by atoms with Gasteiger partial charge in [-0.2, -0.15) is 8.78 Å². The summed E-state index contributed by atoms with van der Waals surface area (Å²) in [5, 5.41) is 0. The number of alkyl halides is 2. The second-order valence-electron chi connectivity index (χ2n) is 6.17. The van der Waals surface area contributed by atoms with Crippen LogP contribution in [0, 0.1) is 0 Å². The highest BCUT2D eigenvalue weighted by atomic mass is 19.3. The lowest BCUT2D eigenvalue weighted by atomic mass is 10.1. The van der Waals surface area contributed by atoms with Crippen molar-refractivity contribution in [1.29, 1.82) is 0 Å². The summed E-state index contributed by atoms with van der Waals surface area (Å²) in [6, 6.07) is 8.17. The molecule has 1 fully saturated rings. The average Bonchev–Trinajstić information content (AvgIpc) is 2.69. The van der Waals surface area contributed by atoms with Gasteiger partial charge in [0, 0.05) is 50.7 Å². The van der Waals surface area contributed by atoms with Crippen molar-refractivity contribution in [1.82, 2.24) is 14.8 Å². The number of benzene rings is 1. The van der Waals surface area contributed by atoms with Crippen molar-refractivity contribution in [3.8, 4) is 11.5 Å².